The van der Waals surface area contributed by atoms with Gasteiger partial charge in [0.1, 0.15) is 15.9 Å². The van der Waals surface area contributed by atoms with E-state index >= 15 is 4.39 Å². The van der Waals surface area contributed by atoms with Crippen LogP contribution < -0.4 is 4.72 Å². The molecule has 0 unspecified atom stereocenters. The lowest BCUT2D eigenvalue weighted by molar-refractivity contribution is 0.151. The van der Waals surface area contributed by atoms with Gasteiger partial charge >= 0.3 is 6.09 Å². The predicted molar refractivity (Wildman–Crippen MR) is 131 cm³/mol. The average molecular weight is 508 g/mol. The van der Waals surface area contributed by atoms with E-state index in [-0.39, 0.29) is 10.8 Å². The van der Waals surface area contributed by atoms with Gasteiger partial charge in [-0.25, -0.2) is 27.3 Å². The van der Waals surface area contributed by atoms with E-state index in [1.807, 2.05) is 37.0 Å². The van der Waals surface area contributed by atoms with Gasteiger partial charge in [-0.05, 0) is 43.4 Å². The van der Waals surface area contributed by atoms with Crippen molar-refractivity contribution in [2.24, 2.45) is 5.92 Å². The van der Waals surface area contributed by atoms with Crippen LogP contribution in [0.2, 0.25) is 0 Å². The fourth-order valence-electron chi connectivity index (χ4n) is 3.42. The van der Waals surface area contributed by atoms with Crippen molar-refractivity contribution in [3.63, 3.8) is 0 Å². The van der Waals surface area contributed by atoms with Gasteiger partial charge in [-0.15, -0.1) is 11.3 Å². The number of hydrogen-bond acceptors (Lipinski definition) is 6. The van der Waals surface area contributed by atoms with Crippen LogP contribution in [0.15, 0.2) is 40.9 Å². The van der Waals surface area contributed by atoms with E-state index < -0.39 is 21.9 Å². The second-order valence-corrected chi connectivity index (χ2v) is 11.5. The molecule has 0 aliphatic heterocycles. The van der Waals surface area contributed by atoms with Crippen molar-refractivity contribution in [3.8, 4) is 11.1 Å². The molecular weight excluding hydrogens is 477 g/mol. The van der Waals surface area contributed by atoms with Gasteiger partial charge < -0.3 is 9.30 Å². The standard InChI is InChI=1S/C24H30FN3O4S2/c1-5-6-11-32-24(29)27-34(30,31)23-21(14-20(33-23)12-16(2)3)18-7-8-19(22(25)13-18)15-28-10-9-26-17(28)4/h7-10,13-14,16H,5-6,11-12,15H2,1-4H3,(H,27,29). The zero-order valence-electron chi connectivity index (χ0n) is 19.8. The Morgan fingerprint density at radius 2 is 2.06 bits per heavy atom. The summed E-state index contributed by atoms with van der Waals surface area (Å²) in [4.78, 5) is 17.0. The highest BCUT2D eigenvalue weighted by molar-refractivity contribution is 7.92. The number of benzene rings is 1. The molecule has 0 atom stereocenters. The minimum Gasteiger partial charge on any atom is -0.449 e. The van der Waals surface area contributed by atoms with E-state index in [1.54, 1.807) is 30.6 Å². The van der Waals surface area contributed by atoms with Crippen molar-refractivity contribution < 1.29 is 22.3 Å². The Kier molecular flexibility index (Phi) is 8.48. The highest BCUT2D eigenvalue weighted by Crippen LogP contribution is 2.37. The number of sulfonamides is 1. The Bertz CT molecular complexity index is 1250. The van der Waals surface area contributed by atoms with Crippen molar-refractivity contribution >= 4 is 27.5 Å². The SMILES string of the molecule is CCCCOC(=O)NS(=O)(=O)c1sc(CC(C)C)cc1-c1ccc(Cn2ccnc2C)c(F)c1. The maximum Gasteiger partial charge on any atom is 0.421 e. The number of aryl methyl sites for hydroxylation is 1. The Morgan fingerprint density at radius 3 is 2.68 bits per heavy atom. The van der Waals surface area contributed by atoms with E-state index in [0.29, 0.717) is 42.0 Å². The first-order chi connectivity index (χ1) is 16.1. The van der Waals surface area contributed by atoms with Crippen LogP contribution in [0.1, 0.15) is 49.9 Å². The molecule has 2 heterocycles. The largest absolute Gasteiger partial charge is 0.449 e. The number of amides is 1. The third kappa shape index (κ3) is 6.44. The molecule has 184 valence electrons. The predicted octanol–water partition coefficient (Wildman–Crippen LogP) is 5.52. The summed E-state index contributed by atoms with van der Waals surface area (Å²) in [5, 5.41) is 0. The topological polar surface area (TPSA) is 90.3 Å². The summed E-state index contributed by atoms with van der Waals surface area (Å²) in [6.07, 6.45) is 4.52. The van der Waals surface area contributed by atoms with Crippen LogP contribution in [0.3, 0.4) is 0 Å². The number of nitrogens with one attached hydrogen (secondary N) is 1. The number of carbonyl (C=O) groups excluding carboxylic acids is 1. The second-order valence-electron chi connectivity index (χ2n) is 8.52. The number of unbranched alkanes of at least 4 members (excludes halogenated alkanes) is 1. The summed E-state index contributed by atoms with van der Waals surface area (Å²) >= 11 is 1.08. The van der Waals surface area contributed by atoms with Crippen molar-refractivity contribution in [2.45, 2.75) is 57.7 Å². The lowest BCUT2D eigenvalue weighted by Gasteiger charge is -2.10. The van der Waals surface area contributed by atoms with Gasteiger partial charge in [0.05, 0.1) is 13.2 Å². The molecule has 0 bridgehead atoms. The number of nitrogens with zero attached hydrogens (tertiary/aromatic N) is 2. The molecule has 2 aromatic heterocycles. The first kappa shape index (κ1) is 25.9. The smallest absolute Gasteiger partial charge is 0.421 e. The highest BCUT2D eigenvalue weighted by Gasteiger charge is 2.26. The normalized spacial score (nSPS) is 11.7. The van der Waals surface area contributed by atoms with Crippen molar-refractivity contribution in [2.75, 3.05) is 6.61 Å². The lowest BCUT2D eigenvalue weighted by atomic mass is 10.0. The van der Waals surface area contributed by atoms with Crippen molar-refractivity contribution in [1.29, 1.82) is 0 Å². The molecule has 0 aliphatic carbocycles. The molecular formula is C24H30FN3O4S2. The maximum absolute atomic E-state index is 15.0. The Balaban J connectivity index is 1.94. The second kappa shape index (κ2) is 11.1. The molecule has 7 nitrogen and oxygen atoms in total. The fourth-order valence-corrected chi connectivity index (χ4v) is 6.26. The van der Waals surface area contributed by atoms with E-state index in [4.69, 9.17) is 4.74 Å². The van der Waals surface area contributed by atoms with Crippen LogP contribution in [0, 0.1) is 18.7 Å². The number of carbonyl (C=O) groups is 1. The van der Waals surface area contributed by atoms with Gasteiger partial charge in [-0.2, -0.15) is 0 Å². The number of halogens is 1. The van der Waals surface area contributed by atoms with E-state index in [9.17, 15) is 13.2 Å². The third-order valence-corrected chi connectivity index (χ3v) is 8.18. The first-order valence-corrected chi connectivity index (χ1v) is 13.5. The first-order valence-electron chi connectivity index (χ1n) is 11.2. The number of hydrogen-bond donors (Lipinski definition) is 1. The molecule has 34 heavy (non-hydrogen) atoms. The number of rotatable bonds is 10. The Hall–Kier alpha value is -2.72. The third-order valence-electron chi connectivity index (χ3n) is 5.18. The van der Waals surface area contributed by atoms with Crippen LogP contribution in [-0.2, 0) is 27.7 Å². The van der Waals surface area contributed by atoms with Crippen LogP contribution >= 0.6 is 11.3 Å². The number of imidazole rings is 1. The van der Waals surface area contributed by atoms with Crippen LogP contribution in [0.25, 0.3) is 11.1 Å². The molecule has 0 aliphatic rings. The molecule has 1 aromatic carbocycles. The molecule has 0 fully saturated rings. The molecule has 1 amide bonds. The van der Waals surface area contributed by atoms with Gasteiger partial charge in [0.25, 0.3) is 10.0 Å². The molecule has 0 saturated heterocycles. The average Bonchev–Trinajstić information content (AvgIpc) is 3.35. The van der Waals surface area contributed by atoms with Crippen LogP contribution in [0.4, 0.5) is 9.18 Å². The highest BCUT2D eigenvalue weighted by atomic mass is 32.2. The van der Waals surface area contributed by atoms with Crippen LogP contribution in [-0.4, -0.2) is 30.7 Å². The lowest BCUT2D eigenvalue weighted by Crippen LogP contribution is -2.31. The molecule has 0 spiro atoms. The quantitative estimate of drug-likeness (QED) is 0.365. The van der Waals surface area contributed by atoms with E-state index in [2.05, 4.69) is 4.98 Å². The van der Waals surface area contributed by atoms with Gasteiger partial charge in [-0.3, -0.25) is 0 Å². The summed E-state index contributed by atoms with van der Waals surface area (Å²) in [6.45, 7) is 8.29. The van der Waals surface area contributed by atoms with Gasteiger partial charge in [0.2, 0.25) is 0 Å². The summed E-state index contributed by atoms with van der Waals surface area (Å²) in [6, 6.07) is 6.44. The van der Waals surface area contributed by atoms with Gasteiger partial charge in [0.15, 0.2) is 0 Å². The zero-order valence-corrected chi connectivity index (χ0v) is 21.4. The fraction of sp³-hybridized carbons (Fsp3) is 0.417. The minimum absolute atomic E-state index is 0.0341. The zero-order chi connectivity index (χ0) is 24.9. The molecule has 3 aromatic rings. The van der Waals surface area contributed by atoms with E-state index in [0.717, 1.165) is 28.5 Å². The molecule has 3 rings (SSSR count). The summed E-state index contributed by atoms with van der Waals surface area (Å²) < 4.78 is 49.9. The van der Waals surface area contributed by atoms with Crippen LogP contribution in [0.5, 0.6) is 0 Å². The van der Waals surface area contributed by atoms with Crippen molar-refractivity contribution in [1.82, 2.24) is 14.3 Å². The Morgan fingerprint density at radius 1 is 1.29 bits per heavy atom. The monoisotopic (exact) mass is 507 g/mol. The summed E-state index contributed by atoms with van der Waals surface area (Å²) in [7, 11) is -4.20. The van der Waals surface area contributed by atoms with Gasteiger partial charge in [-0.1, -0.05) is 39.3 Å². The van der Waals surface area contributed by atoms with Gasteiger partial charge in [0, 0.05) is 28.4 Å². The summed E-state index contributed by atoms with van der Waals surface area (Å²) in [5.41, 5.74) is 1.25. The number of aromatic nitrogens is 2. The molecule has 0 saturated carbocycles. The maximum atomic E-state index is 15.0. The van der Waals surface area contributed by atoms with E-state index in [1.165, 1.54) is 6.07 Å². The molecule has 0 radical (unpaired) electrons. The molecule has 1 N–H and O–H groups in total. The summed E-state index contributed by atoms with van der Waals surface area (Å²) in [5.74, 6) is 0.619. The minimum atomic E-state index is -4.20. The molecule has 10 heteroatoms. The van der Waals surface area contributed by atoms with Crippen molar-refractivity contribution in [3.05, 3.63) is 58.7 Å². The Labute approximate surface area is 204 Å². The number of thiophene rings is 1. The number of ether oxygens (including phenoxy) is 1.